The van der Waals surface area contributed by atoms with E-state index in [9.17, 15) is 0 Å². The monoisotopic (exact) mass is 248 g/mol. The maximum atomic E-state index is 4.61. The first-order valence-electron chi connectivity index (χ1n) is 7.31. The molecule has 0 aliphatic carbocycles. The van der Waals surface area contributed by atoms with Crippen LogP contribution in [0.4, 0.5) is 0 Å². The summed E-state index contributed by atoms with van der Waals surface area (Å²) >= 11 is 0. The number of hydrogen-bond donors (Lipinski definition) is 1. The average molecular weight is 248 g/mol. The lowest BCUT2D eigenvalue weighted by molar-refractivity contribution is 0.339. The molecule has 1 heterocycles. The highest BCUT2D eigenvalue weighted by Gasteiger charge is 2.21. The zero-order valence-electron chi connectivity index (χ0n) is 12.6. The van der Waals surface area contributed by atoms with Crippen LogP contribution in [0.1, 0.15) is 63.0 Å². The number of nitrogens with zero attached hydrogens (tertiary/aromatic N) is 1. The standard InChI is InChI=1S/C16H28N2/c1-6-11-17-16(14(7-2)8-3)15-10-9-12(4)18-13(15)5/h9-10,14,16-17H,6-8,11H2,1-5H3. The van der Waals surface area contributed by atoms with Crippen LogP contribution in [0.25, 0.3) is 0 Å². The molecule has 0 saturated heterocycles. The number of nitrogens with one attached hydrogen (secondary N) is 1. The Hall–Kier alpha value is -0.890. The first-order valence-corrected chi connectivity index (χ1v) is 7.31. The van der Waals surface area contributed by atoms with Crippen molar-refractivity contribution in [1.29, 1.82) is 0 Å². The van der Waals surface area contributed by atoms with Crippen LogP contribution < -0.4 is 5.32 Å². The molecule has 0 spiro atoms. The maximum absolute atomic E-state index is 4.61. The van der Waals surface area contributed by atoms with Gasteiger partial charge in [0.1, 0.15) is 0 Å². The van der Waals surface area contributed by atoms with E-state index in [4.69, 9.17) is 0 Å². The summed E-state index contributed by atoms with van der Waals surface area (Å²) in [5.74, 6) is 0.694. The summed E-state index contributed by atoms with van der Waals surface area (Å²) in [4.78, 5) is 4.61. The quantitative estimate of drug-likeness (QED) is 0.783. The van der Waals surface area contributed by atoms with Gasteiger partial charge in [-0.15, -0.1) is 0 Å². The fraction of sp³-hybridized carbons (Fsp3) is 0.688. The van der Waals surface area contributed by atoms with Crippen LogP contribution in [0.3, 0.4) is 0 Å². The fourth-order valence-electron chi connectivity index (χ4n) is 2.62. The van der Waals surface area contributed by atoms with Gasteiger partial charge in [0.25, 0.3) is 0 Å². The minimum Gasteiger partial charge on any atom is -0.310 e. The molecule has 1 rings (SSSR count). The minimum atomic E-state index is 0.452. The smallest absolute Gasteiger partial charge is 0.0423 e. The van der Waals surface area contributed by atoms with E-state index in [-0.39, 0.29) is 0 Å². The third-order valence-corrected chi connectivity index (χ3v) is 3.74. The van der Waals surface area contributed by atoms with Gasteiger partial charge in [-0.05, 0) is 44.4 Å². The molecular weight excluding hydrogens is 220 g/mol. The summed E-state index contributed by atoms with van der Waals surface area (Å²) in [6, 6.07) is 4.84. The summed E-state index contributed by atoms with van der Waals surface area (Å²) in [5.41, 5.74) is 3.66. The number of pyridine rings is 1. The Labute approximate surface area is 112 Å². The molecule has 102 valence electrons. The Morgan fingerprint density at radius 3 is 2.28 bits per heavy atom. The van der Waals surface area contributed by atoms with E-state index in [1.807, 2.05) is 0 Å². The van der Waals surface area contributed by atoms with Crippen molar-refractivity contribution in [2.24, 2.45) is 5.92 Å². The summed E-state index contributed by atoms with van der Waals surface area (Å²) in [5, 5.41) is 3.71. The zero-order valence-corrected chi connectivity index (χ0v) is 12.6. The second-order valence-electron chi connectivity index (χ2n) is 5.14. The third-order valence-electron chi connectivity index (χ3n) is 3.74. The molecule has 0 amide bonds. The van der Waals surface area contributed by atoms with Crippen LogP contribution in [0, 0.1) is 19.8 Å². The summed E-state index contributed by atoms with van der Waals surface area (Å²) in [6.07, 6.45) is 3.60. The highest BCUT2D eigenvalue weighted by atomic mass is 14.9. The zero-order chi connectivity index (χ0) is 13.5. The van der Waals surface area contributed by atoms with Gasteiger partial charge >= 0.3 is 0 Å². The van der Waals surface area contributed by atoms with E-state index in [0.717, 1.165) is 12.2 Å². The average Bonchev–Trinajstić information content (AvgIpc) is 2.35. The van der Waals surface area contributed by atoms with Crippen molar-refractivity contribution < 1.29 is 0 Å². The van der Waals surface area contributed by atoms with Crippen molar-refractivity contribution in [3.8, 4) is 0 Å². The van der Waals surface area contributed by atoms with Crippen molar-refractivity contribution in [1.82, 2.24) is 10.3 Å². The Kier molecular flexibility index (Phi) is 6.34. The van der Waals surface area contributed by atoms with E-state index in [0.29, 0.717) is 12.0 Å². The van der Waals surface area contributed by atoms with Gasteiger partial charge < -0.3 is 5.32 Å². The van der Waals surface area contributed by atoms with Gasteiger partial charge in [-0.25, -0.2) is 0 Å². The normalized spacial score (nSPS) is 13.0. The van der Waals surface area contributed by atoms with Gasteiger partial charge in [0, 0.05) is 17.4 Å². The number of rotatable bonds is 7. The third kappa shape index (κ3) is 3.81. The van der Waals surface area contributed by atoms with Crippen LogP contribution >= 0.6 is 0 Å². The molecule has 0 aromatic carbocycles. The lowest BCUT2D eigenvalue weighted by atomic mass is 9.88. The molecule has 1 N–H and O–H groups in total. The van der Waals surface area contributed by atoms with Crippen molar-refractivity contribution in [2.75, 3.05) is 6.54 Å². The van der Waals surface area contributed by atoms with Gasteiger partial charge in [-0.3, -0.25) is 4.98 Å². The van der Waals surface area contributed by atoms with Crippen molar-refractivity contribution in [3.05, 3.63) is 29.1 Å². The van der Waals surface area contributed by atoms with E-state index in [2.05, 4.69) is 57.1 Å². The predicted molar refractivity (Wildman–Crippen MR) is 78.8 cm³/mol. The molecule has 0 saturated carbocycles. The number of hydrogen-bond acceptors (Lipinski definition) is 2. The van der Waals surface area contributed by atoms with E-state index in [1.54, 1.807) is 0 Å². The van der Waals surface area contributed by atoms with E-state index < -0.39 is 0 Å². The maximum Gasteiger partial charge on any atom is 0.0423 e. The molecule has 18 heavy (non-hydrogen) atoms. The highest BCUT2D eigenvalue weighted by molar-refractivity contribution is 5.25. The van der Waals surface area contributed by atoms with Gasteiger partial charge in [0.15, 0.2) is 0 Å². The Morgan fingerprint density at radius 1 is 1.11 bits per heavy atom. The fourth-order valence-corrected chi connectivity index (χ4v) is 2.62. The van der Waals surface area contributed by atoms with Crippen molar-refractivity contribution in [3.63, 3.8) is 0 Å². The number of aryl methyl sites for hydroxylation is 2. The van der Waals surface area contributed by atoms with Gasteiger partial charge in [0.05, 0.1) is 0 Å². The van der Waals surface area contributed by atoms with Crippen LogP contribution in [-0.2, 0) is 0 Å². The molecule has 0 bridgehead atoms. The second-order valence-corrected chi connectivity index (χ2v) is 5.14. The van der Waals surface area contributed by atoms with Crippen LogP contribution in [0.15, 0.2) is 12.1 Å². The molecule has 1 aromatic rings. The summed E-state index contributed by atoms with van der Waals surface area (Å²) in [7, 11) is 0. The Morgan fingerprint density at radius 2 is 1.78 bits per heavy atom. The molecule has 1 aromatic heterocycles. The molecule has 0 fully saturated rings. The van der Waals surface area contributed by atoms with E-state index >= 15 is 0 Å². The summed E-state index contributed by atoms with van der Waals surface area (Å²) < 4.78 is 0. The topological polar surface area (TPSA) is 24.9 Å². The predicted octanol–water partition coefficient (Wildman–Crippen LogP) is 4.18. The lowest BCUT2D eigenvalue weighted by Crippen LogP contribution is -2.29. The lowest BCUT2D eigenvalue weighted by Gasteiger charge is -2.28. The summed E-state index contributed by atoms with van der Waals surface area (Å²) in [6.45, 7) is 12.1. The Bertz CT molecular complexity index is 356. The number of aromatic nitrogens is 1. The van der Waals surface area contributed by atoms with E-state index in [1.165, 1.54) is 30.5 Å². The molecular formula is C16H28N2. The SMILES string of the molecule is CCCNC(c1ccc(C)nc1C)C(CC)CC. The first kappa shape index (κ1) is 15.2. The van der Waals surface area contributed by atoms with Crippen molar-refractivity contribution in [2.45, 2.75) is 59.9 Å². The molecule has 2 nitrogen and oxygen atoms in total. The second kappa shape index (κ2) is 7.52. The molecule has 0 aliphatic rings. The molecule has 2 heteroatoms. The Balaban J connectivity index is 3.00. The molecule has 1 unspecified atom stereocenters. The van der Waals surface area contributed by atoms with Crippen LogP contribution in [-0.4, -0.2) is 11.5 Å². The van der Waals surface area contributed by atoms with Crippen LogP contribution in [0.2, 0.25) is 0 Å². The minimum absolute atomic E-state index is 0.452. The van der Waals surface area contributed by atoms with Gasteiger partial charge in [-0.1, -0.05) is 39.7 Å². The van der Waals surface area contributed by atoms with Gasteiger partial charge in [0.2, 0.25) is 0 Å². The highest BCUT2D eigenvalue weighted by Crippen LogP contribution is 2.29. The van der Waals surface area contributed by atoms with Crippen molar-refractivity contribution >= 4 is 0 Å². The first-order chi connectivity index (χ1) is 8.63. The molecule has 0 radical (unpaired) electrons. The largest absolute Gasteiger partial charge is 0.310 e. The molecule has 1 atom stereocenters. The van der Waals surface area contributed by atoms with Crippen LogP contribution in [0.5, 0.6) is 0 Å². The molecule has 0 aliphatic heterocycles. The van der Waals surface area contributed by atoms with Gasteiger partial charge in [-0.2, -0.15) is 0 Å².